The summed E-state index contributed by atoms with van der Waals surface area (Å²) in [6.45, 7) is 6.43. The van der Waals surface area contributed by atoms with E-state index >= 15 is 0 Å². The van der Waals surface area contributed by atoms with Crippen molar-refractivity contribution < 1.29 is 13.2 Å². The Morgan fingerprint density at radius 1 is 1.09 bits per heavy atom. The fourth-order valence-electron chi connectivity index (χ4n) is 1.33. The summed E-state index contributed by atoms with van der Waals surface area (Å²) in [5.74, 6) is -1.19. The minimum atomic E-state index is -4.05. The summed E-state index contributed by atoms with van der Waals surface area (Å²) in [6.07, 6.45) is -3.89. The summed E-state index contributed by atoms with van der Waals surface area (Å²) in [5, 5.41) is 0. The van der Waals surface area contributed by atoms with E-state index in [0.717, 1.165) is 0 Å². The standard InChI is InChI=1S/C8H15F3/c1-5-6(7(2,3)4)8(9,10)11/h6H,5H2,1-4H3. The smallest absolute Gasteiger partial charge is 0.171 e. The van der Waals surface area contributed by atoms with Crippen molar-refractivity contribution in [3.8, 4) is 0 Å². The van der Waals surface area contributed by atoms with Crippen LogP contribution in [0.3, 0.4) is 0 Å². The van der Waals surface area contributed by atoms with Crippen molar-refractivity contribution in [1.82, 2.24) is 0 Å². The van der Waals surface area contributed by atoms with Crippen LogP contribution in [0, 0.1) is 11.3 Å². The Bertz CT molecular complexity index is 104. The monoisotopic (exact) mass is 168 g/mol. The third-order valence-electron chi connectivity index (χ3n) is 1.85. The zero-order valence-corrected chi connectivity index (χ0v) is 7.42. The molecule has 0 amide bonds. The van der Waals surface area contributed by atoms with E-state index in [2.05, 4.69) is 0 Å². The molecule has 1 atom stereocenters. The van der Waals surface area contributed by atoms with E-state index in [1.807, 2.05) is 0 Å². The van der Waals surface area contributed by atoms with Crippen LogP contribution < -0.4 is 0 Å². The Hall–Kier alpha value is -0.210. The van der Waals surface area contributed by atoms with Crippen LogP contribution in [0.2, 0.25) is 0 Å². The van der Waals surface area contributed by atoms with Gasteiger partial charge >= 0.3 is 6.18 Å². The first kappa shape index (κ1) is 10.8. The molecule has 0 aromatic heterocycles. The highest BCUT2D eigenvalue weighted by Gasteiger charge is 2.45. The molecule has 0 aromatic rings. The van der Waals surface area contributed by atoms with E-state index < -0.39 is 17.5 Å². The second-order valence-electron chi connectivity index (χ2n) is 3.87. The van der Waals surface area contributed by atoms with Crippen molar-refractivity contribution >= 4 is 0 Å². The van der Waals surface area contributed by atoms with Crippen LogP contribution in [-0.4, -0.2) is 6.18 Å². The van der Waals surface area contributed by atoms with Gasteiger partial charge in [0, 0.05) is 0 Å². The van der Waals surface area contributed by atoms with E-state index in [-0.39, 0.29) is 6.42 Å². The lowest BCUT2D eigenvalue weighted by Gasteiger charge is -2.31. The molecular weight excluding hydrogens is 153 g/mol. The van der Waals surface area contributed by atoms with Gasteiger partial charge in [0.2, 0.25) is 0 Å². The number of hydrogen-bond acceptors (Lipinski definition) is 0. The van der Waals surface area contributed by atoms with E-state index in [9.17, 15) is 13.2 Å². The first-order chi connectivity index (χ1) is 4.69. The molecule has 0 N–H and O–H groups in total. The van der Waals surface area contributed by atoms with Gasteiger partial charge in [-0.2, -0.15) is 13.2 Å². The highest BCUT2D eigenvalue weighted by molar-refractivity contribution is 4.78. The Kier molecular flexibility index (Phi) is 2.98. The van der Waals surface area contributed by atoms with Crippen LogP contribution in [0.4, 0.5) is 13.2 Å². The zero-order valence-electron chi connectivity index (χ0n) is 7.42. The third-order valence-corrected chi connectivity index (χ3v) is 1.85. The molecule has 0 aliphatic rings. The van der Waals surface area contributed by atoms with Gasteiger partial charge in [-0.25, -0.2) is 0 Å². The lowest BCUT2D eigenvalue weighted by molar-refractivity contribution is -0.200. The Balaban J connectivity index is 4.43. The molecule has 0 aromatic carbocycles. The van der Waals surface area contributed by atoms with Crippen LogP contribution in [0.15, 0.2) is 0 Å². The molecule has 3 heteroatoms. The molecule has 0 spiro atoms. The molecule has 11 heavy (non-hydrogen) atoms. The topological polar surface area (TPSA) is 0 Å². The van der Waals surface area contributed by atoms with Crippen molar-refractivity contribution in [3.63, 3.8) is 0 Å². The molecule has 0 aliphatic carbocycles. The van der Waals surface area contributed by atoms with Crippen molar-refractivity contribution in [3.05, 3.63) is 0 Å². The molecule has 0 aliphatic heterocycles. The van der Waals surface area contributed by atoms with Crippen LogP contribution in [0.1, 0.15) is 34.1 Å². The van der Waals surface area contributed by atoms with E-state index in [4.69, 9.17) is 0 Å². The SMILES string of the molecule is CCC(C(C)(C)C)C(F)(F)F. The molecule has 0 saturated heterocycles. The maximum atomic E-state index is 12.2. The van der Waals surface area contributed by atoms with Gasteiger partial charge in [0.1, 0.15) is 0 Å². The van der Waals surface area contributed by atoms with Crippen LogP contribution in [0.25, 0.3) is 0 Å². The average Bonchev–Trinajstić information content (AvgIpc) is 1.56. The molecule has 68 valence electrons. The van der Waals surface area contributed by atoms with E-state index in [1.165, 1.54) is 0 Å². The molecule has 0 rings (SSSR count). The van der Waals surface area contributed by atoms with Gasteiger partial charge in [-0.3, -0.25) is 0 Å². The predicted molar refractivity (Wildman–Crippen MR) is 39.3 cm³/mol. The van der Waals surface area contributed by atoms with E-state index in [1.54, 1.807) is 27.7 Å². The van der Waals surface area contributed by atoms with Crippen molar-refractivity contribution in [2.24, 2.45) is 11.3 Å². The predicted octanol–water partition coefficient (Wildman–Crippen LogP) is 3.62. The minimum Gasteiger partial charge on any atom is -0.171 e. The molecule has 0 bridgehead atoms. The van der Waals surface area contributed by atoms with Gasteiger partial charge in [0.25, 0.3) is 0 Å². The highest BCUT2D eigenvalue weighted by atomic mass is 19.4. The number of alkyl halides is 3. The minimum absolute atomic E-state index is 0.160. The van der Waals surface area contributed by atoms with Gasteiger partial charge < -0.3 is 0 Å². The summed E-state index contributed by atoms with van der Waals surface area (Å²) in [6, 6.07) is 0. The Morgan fingerprint density at radius 2 is 1.45 bits per heavy atom. The molecule has 0 heterocycles. The fraction of sp³-hybridized carbons (Fsp3) is 1.00. The van der Waals surface area contributed by atoms with Crippen LogP contribution in [-0.2, 0) is 0 Å². The van der Waals surface area contributed by atoms with Crippen molar-refractivity contribution in [2.45, 2.75) is 40.3 Å². The largest absolute Gasteiger partial charge is 0.392 e. The molecule has 1 unspecified atom stereocenters. The first-order valence-electron chi connectivity index (χ1n) is 3.76. The number of halogens is 3. The summed E-state index contributed by atoms with van der Waals surface area (Å²) >= 11 is 0. The summed E-state index contributed by atoms with van der Waals surface area (Å²) in [7, 11) is 0. The number of hydrogen-bond donors (Lipinski definition) is 0. The second-order valence-corrected chi connectivity index (χ2v) is 3.87. The van der Waals surface area contributed by atoms with Crippen molar-refractivity contribution in [1.29, 1.82) is 0 Å². The first-order valence-corrected chi connectivity index (χ1v) is 3.76. The lowest BCUT2D eigenvalue weighted by atomic mass is 9.79. The number of rotatable bonds is 1. The Labute approximate surface area is 65.8 Å². The highest BCUT2D eigenvalue weighted by Crippen LogP contribution is 2.41. The zero-order chi connectivity index (χ0) is 9.28. The van der Waals surface area contributed by atoms with Gasteiger partial charge in [0.15, 0.2) is 0 Å². The average molecular weight is 168 g/mol. The van der Waals surface area contributed by atoms with Crippen LogP contribution >= 0.6 is 0 Å². The van der Waals surface area contributed by atoms with E-state index in [0.29, 0.717) is 0 Å². The molecule has 0 nitrogen and oxygen atoms in total. The second kappa shape index (κ2) is 3.03. The molecule has 0 fully saturated rings. The maximum absolute atomic E-state index is 12.2. The molecular formula is C8H15F3. The van der Waals surface area contributed by atoms with Gasteiger partial charge in [0.05, 0.1) is 5.92 Å². The quantitative estimate of drug-likeness (QED) is 0.561. The lowest BCUT2D eigenvalue weighted by Crippen LogP contribution is -2.33. The van der Waals surface area contributed by atoms with Gasteiger partial charge in [-0.15, -0.1) is 0 Å². The summed E-state index contributed by atoms with van der Waals surface area (Å²) in [4.78, 5) is 0. The van der Waals surface area contributed by atoms with Gasteiger partial charge in [-0.1, -0.05) is 27.7 Å². The summed E-state index contributed by atoms with van der Waals surface area (Å²) in [5.41, 5.74) is -0.674. The van der Waals surface area contributed by atoms with Crippen molar-refractivity contribution in [2.75, 3.05) is 0 Å². The fourth-order valence-corrected chi connectivity index (χ4v) is 1.33. The van der Waals surface area contributed by atoms with Gasteiger partial charge in [-0.05, 0) is 11.8 Å². The molecule has 0 radical (unpaired) electrons. The summed E-state index contributed by atoms with van der Waals surface area (Å²) < 4.78 is 36.6. The molecule has 0 saturated carbocycles. The maximum Gasteiger partial charge on any atom is 0.392 e. The third kappa shape index (κ3) is 3.12. The normalized spacial score (nSPS) is 16.6. The Morgan fingerprint density at radius 3 is 1.45 bits per heavy atom. The van der Waals surface area contributed by atoms with Crippen LogP contribution in [0.5, 0.6) is 0 Å².